The molecule has 2 saturated heterocycles. The number of hydrogen-bond donors (Lipinski definition) is 3. The molecule has 196 valence electrons. The second-order valence-corrected chi connectivity index (χ2v) is 9.35. The lowest BCUT2D eigenvalue weighted by molar-refractivity contribution is -0.165. The lowest BCUT2D eigenvalue weighted by Gasteiger charge is -2.37. The van der Waals surface area contributed by atoms with Gasteiger partial charge in [-0.05, 0) is 25.5 Å². The molecule has 2 amide bonds. The van der Waals surface area contributed by atoms with Gasteiger partial charge in [-0.2, -0.15) is 5.10 Å². The minimum Gasteiger partial charge on any atom is -0.380 e. The Morgan fingerprint density at radius 3 is 2.84 bits per heavy atom. The number of morpholine rings is 1. The number of nitrogens with zero attached hydrogens (tertiary/aromatic N) is 7. The number of ether oxygens (including phenoxy) is 1. The summed E-state index contributed by atoms with van der Waals surface area (Å²) in [5.41, 5.74) is 4.94. The van der Waals surface area contributed by atoms with Crippen LogP contribution in [-0.2, 0) is 14.3 Å². The molecule has 2 unspecified atom stereocenters. The van der Waals surface area contributed by atoms with E-state index in [0.29, 0.717) is 28.2 Å². The standard InChI is InChI=1S/C24H25N9O5/c1-24(36,23(35)27-14-3-4-16-17(11-14)38-30-21(16)25)20-22(34)32(9-10-37-20)18-5-8-33(29-18)15-12-19(28-26-13-15)31-6-2-7-31/h3-5,8,11-13,20,36H,2,6-7,9-10H2,1H3,(H2,25,30)(H,27,35). The summed E-state index contributed by atoms with van der Waals surface area (Å²) in [5.74, 6) is -0.0625. The number of amides is 2. The Hall–Kier alpha value is -4.56. The molecule has 0 spiro atoms. The summed E-state index contributed by atoms with van der Waals surface area (Å²) in [4.78, 5) is 29.9. The fourth-order valence-electron chi connectivity index (χ4n) is 4.40. The minimum absolute atomic E-state index is 0.103. The van der Waals surface area contributed by atoms with Gasteiger partial charge in [-0.15, -0.1) is 10.2 Å². The van der Waals surface area contributed by atoms with Gasteiger partial charge >= 0.3 is 0 Å². The van der Waals surface area contributed by atoms with Gasteiger partial charge in [0.25, 0.3) is 11.8 Å². The maximum Gasteiger partial charge on any atom is 0.260 e. The number of aromatic nitrogens is 5. The van der Waals surface area contributed by atoms with Gasteiger partial charge in [0.05, 0.1) is 30.4 Å². The molecule has 5 heterocycles. The Morgan fingerprint density at radius 2 is 2.05 bits per heavy atom. The third-order valence-corrected chi connectivity index (χ3v) is 6.74. The maximum atomic E-state index is 13.4. The molecule has 2 atom stereocenters. The SMILES string of the molecule is CC(O)(C(=O)Nc1ccc2c(N)noc2c1)C1OCCN(c2ccn(-c3cnnc(N4CCC4)c3)n2)C1=O. The number of nitrogen functional groups attached to an aromatic ring is 1. The summed E-state index contributed by atoms with van der Waals surface area (Å²) in [7, 11) is 0. The zero-order chi connectivity index (χ0) is 26.4. The van der Waals surface area contributed by atoms with Gasteiger partial charge < -0.3 is 30.3 Å². The molecule has 14 heteroatoms. The summed E-state index contributed by atoms with van der Waals surface area (Å²) >= 11 is 0. The number of rotatable bonds is 6. The predicted octanol–water partition coefficient (Wildman–Crippen LogP) is 0.717. The molecule has 4 aromatic rings. The van der Waals surface area contributed by atoms with Crippen molar-refractivity contribution in [3.63, 3.8) is 0 Å². The van der Waals surface area contributed by atoms with Crippen LogP contribution in [0.4, 0.5) is 23.1 Å². The van der Waals surface area contributed by atoms with E-state index in [1.165, 1.54) is 17.9 Å². The van der Waals surface area contributed by atoms with Crippen molar-refractivity contribution in [3.8, 4) is 5.69 Å². The first-order valence-corrected chi connectivity index (χ1v) is 12.1. The number of hydrogen-bond acceptors (Lipinski definition) is 11. The van der Waals surface area contributed by atoms with Crippen LogP contribution in [0.25, 0.3) is 16.7 Å². The van der Waals surface area contributed by atoms with Crippen LogP contribution in [0.15, 0.2) is 47.2 Å². The molecule has 4 N–H and O–H groups in total. The minimum atomic E-state index is -2.19. The van der Waals surface area contributed by atoms with Crippen LogP contribution in [0, 0.1) is 0 Å². The van der Waals surface area contributed by atoms with E-state index in [1.807, 2.05) is 6.07 Å². The second-order valence-electron chi connectivity index (χ2n) is 9.35. The lowest BCUT2D eigenvalue weighted by Crippen LogP contribution is -2.61. The van der Waals surface area contributed by atoms with Crippen molar-refractivity contribution in [2.45, 2.75) is 25.0 Å². The van der Waals surface area contributed by atoms with Crippen molar-refractivity contribution in [3.05, 3.63) is 42.7 Å². The molecule has 14 nitrogen and oxygen atoms in total. The summed E-state index contributed by atoms with van der Waals surface area (Å²) in [6.45, 7) is 3.41. The number of carbonyl (C=O) groups is 2. The van der Waals surface area contributed by atoms with Crippen molar-refractivity contribution < 1.29 is 24.0 Å². The van der Waals surface area contributed by atoms with Crippen LogP contribution in [0.5, 0.6) is 0 Å². The van der Waals surface area contributed by atoms with Crippen molar-refractivity contribution >= 4 is 45.9 Å². The van der Waals surface area contributed by atoms with Gasteiger partial charge in [-0.1, -0.05) is 5.16 Å². The Balaban J connectivity index is 1.18. The van der Waals surface area contributed by atoms with Gasteiger partial charge in [-0.25, -0.2) is 4.68 Å². The first-order chi connectivity index (χ1) is 18.3. The number of carbonyl (C=O) groups excluding carboxylic acids is 2. The largest absolute Gasteiger partial charge is 0.380 e. The highest BCUT2D eigenvalue weighted by molar-refractivity contribution is 6.06. The van der Waals surface area contributed by atoms with Crippen molar-refractivity contribution in [2.75, 3.05) is 47.1 Å². The molecule has 2 aliphatic rings. The van der Waals surface area contributed by atoms with Crippen molar-refractivity contribution in [1.29, 1.82) is 0 Å². The van der Waals surface area contributed by atoms with Crippen molar-refractivity contribution in [1.82, 2.24) is 25.1 Å². The van der Waals surface area contributed by atoms with Gasteiger partial charge in [0.2, 0.25) is 0 Å². The summed E-state index contributed by atoms with van der Waals surface area (Å²) < 4.78 is 12.3. The topological polar surface area (TPSA) is 178 Å². The maximum absolute atomic E-state index is 13.4. The molecule has 0 aliphatic carbocycles. The smallest absolute Gasteiger partial charge is 0.260 e. The summed E-state index contributed by atoms with van der Waals surface area (Å²) in [6.07, 6.45) is 2.96. The van der Waals surface area contributed by atoms with Crippen LogP contribution >= 0.6 is 0 Å². The third kappa shape index (κ3) is 4.09. The van der Waals surface area contributed by atoms with E-state index in [2.05, 4.69) is 30.7 Å². The third-order valence-electron chi connectivity index (χ3n) is 6.74. The number of anilines is 4. The normalized spacial score (nSPS) is 19.3. The van der Waals surface area contributed by atoms with Gasteiger partial charge in [-0.3, -0.25) is 14.5 Å². The first kappa shape index (κ1) is 23.8. The molecule has 2 fully saturated rings. The van der Waals surface area contributed by atoms with Gasteiger partial charge in [0.1, 0.15) is 0 Å². The zero-order valence-corrected chi connectivity index (χ0v) is 20.4. The Bertz CT molecular complexity index is 1530. The molecule has 38 heavy (non-hydrogen) atoms. The molecule has 0 radical (unpaired) electrons. The van der Waals surface area contributed by atoms with E-state index >= 15 is 0 Å². The van der Waals surface area contributed by atoms with E-state index in [9.17, 15) is 14.7 Å². The van der Waals surface area contributed by atoms with Crippen LogP contribution in [0.2, 0.25) is 0 Å². The quantitative estimate of drug-likeness (QED) is 0.327. The fourth-order valence-corrected chi connectivity index (χ4v) is 4.40. The molecular weight excluding hydrogens is 494 g/mol. The van der Waals surface area contributed by atoms with Crippen LogP contribution in [-0.4, -0.2) is 80.0 Å². The number of nitrogens with one attached hydrogen (secondary N) is 1. The van der Waals surface area contributed by atoms with Gasteiger partial charge in [0, 0.05) is 43.2 Å². The Labute approximate surface area is 215 Å². The second kappa shape index (κ2) is 9.08. The van der Waals surface area contributed by atoms with E-state index in [4.69, 9.17) is 15.0 Å². The van der Waals surface area contributed by atoms with Crippen LogP contribution < -0.4 is 20.9 Å². The summed E-state index contributed by atoms with van der Waals surface area (Å²) in [6, 6.07) is 8.31. The van der Waals surface area contributed by atoms with Crippen LogP contribution in [0.3, 0.4) is 0 Å². The average molecular weight is 520 g/mol. The fraction of sp³-hybridized carbons (Fsp3) is 0.333. The predicted molar refractivity (Wildman–Crippen MR) is 136 cm³/mol. The molecule has 0 saturated carbocycles. The monoisotopic (exact) mass is 519 g/mol. The summed E-state index contributed by atoms with van der Waals surface area (Å²) in [5, 5.41) is 30.8. The highest BCUT2D eigenvalue weighted by atomic mass is 16.5. The highest BCUT2D eigenvalue weighted by Crippen LogP contribution is 2.28. The van der Waals surface area contributed by atoms with E-state index in [-0.39, 0.29) is 19.0 Å². The van der Waals surface area contributed by atoms with E-state index < -0.39 is 23.5 Å². The van der Waals surface area contributed by atoms with Gasteiger partial charge in [0.15, 0.2) is 34.7 Å². The van der Waals surface area contributed by atoms with Crippen molar-refractivity contribution in [2.24, 2.45) is 0 Å². The number of benzene rings is 1. The Morgan fingerprint density at radius 1 is 1.21 bits per heavy atom. The molecule has 6 rings (SSSR count). The number of fused-ring (bicyclic) bond motifs is 1. The molecule has 0 bridgehead atoms. The Kier molecular flexibility index (Phi) is 5.69. The van der Waals surface area contributed by atoms with Crippen LogP contribution in [0.1, 0.15) is 13.3 Å². The van der Waals surface area contributed by atoms with E-state index in [1.54, 1.807) is 35.3 Å². The zero-order valence-electron chi connectivity index (χ0n) is 20.4. The highest BCUT2D eigenvalue weighted by Gasteiger charge is 2.49. The molecule has 2 aliphatic heterocycles. The molecule has 1 aromatic carbocycles. The molecule has 3 aromatic heterocycles. The number of aliphatic hydroxyl groups is 1. The molecular formula is C24H25N9O5. The first-order valence-electron chi connectivity index (χ1n) is 12.1. The van der Waals surface area contributed by atoms with E-state index in [0.717, 1.165) is 25.3 Å². The number of nitrogens with two attached hydrogens (primary N) is 1. The average Bonchev–Trinajstić information content (AvgIpc) is 3.50. The lowest BCUT2D eigenvalue weighted by atomic mass is 9.95.